The molecule has 4 atom stereocenters. The Labute approximate surface area is 127 Å². The van der Waals surface area contributed by atoms with E-state index in [2.05, 4.69) is 17.1 Å². The van der Waals surface area contributed by atoms with Gasteiger partial charge in [-0.3, -0.25) is 9.69 Å². The Morgan fingerprint density at radius 3 is 2.24 bits per heavy atom. The van der Waals surface area contributed by atoms with E-state index >= 15 is 0 Å². The highest BCUT2D eigenvalue weighted by Gasteiger charge is 2.41. The Balaban J connectivity index is 1.95. The van der Waals surface area contributed by atoms with Gasteiger partial charge in [0.15, 0.2) is 0 Å². The molecule has 21 heavy (non-hydrogen) atoms. The first kappa shape index (κ1) is 16.7. The Bertz CT molecular complexity index is 363. The van der Waals surface area contributed by atoms with Gasteiger partial charge in [-0.25, -0.2) is 0 Å². The Morgan fingerprint density at radius 2 is 1.86 bits per heavy atom. The molecule has 2 fully saturated rings. The number of primary amides is 1. The van der Waals surface area contributed by atoms with E-state index in [9.17, 15) is 4.79 Å². The van der Waals surface area contributed by atoms with Crippen molar-refractivity contribution < 1.29 is 14.3 Å². The van der Waals surface area contributed by atoms with Crippen LogP contribution in [0, 0.1) is 0 Å². The minimum absolute atomic E-state index is 0.0914. The molecule has 2 aliphatic rings. The van der Waals surface area contributed by atoms with Gasteiger partial charge in [0.2, 0.25) is 5.91 Å². The van der Waals surface area contributed by atoms with E-state index < -0.39 is 5.54 Å². The van der Waals surface area contributed by atoms with Gasteiger partial charge in [-0.05, 0) is 33.1 Å². The number of hydrogen-bond donors (Lipinski definition) is 2. The van der Waals surface area contributed by atoms with E-state index in [1.54, 1.807) is 14.2 Å². The number of carbonyl (C=O) groups excluding carboxylic acids is 1. The molecule has 0 aromatic heterocycles. The zero-order chi connectivity index (χ0) is 15.6. The van der Waals surface area contributed by atoms with E-state index in [1.165, 1.54) is 0 Å². The molecule has 3 N–H and O–H groups in total. The van der Waals surface area contributed by atoms with Crippen LogP contribution in [0.1, 0.15) is 33.1 Å². The molecule has 6 nitrogen and oxygen atoms in total. The number of nitrogens with two attached hydrogens (primary N) is 1. The van der Waals surface area contributed by atoms with Gasteiger partial charge >= 0.3 is 0 Å². The number of ether oxygens (including phenoxy) is 2. The topological polar surface area (TPSA) is 76.8 Å². The number of amides is 1. The Kier molecular flexibility index (Phi) is 5.24. The summed E-state index contributed by atoms with van der Waals surface area (Å²) in [6, 6.07) is 0.693. The van der Waals surface area contributed by atoms with Crippen LogP contribution in [0.25, 0.3) is 0 Å². The second-order valence-corrected chi connectivity index (χ2v) is 6.67. The van der Waals surface area contributed by atoms with Crippen LogP contribution in [0.15, 0.2) is 0 Å². The van der Waals surface area contributed by atoms with Crippen molar-refractivity contribution in [3.63, 3.8) is 0 Å². The van der Waals surface area contributed by atoms with E-state index in [1.807, 2.05) is 6.92 Å². The van der Waals surface area contributed by atoms with Crippen LogP contribution in [0.2, 0.25) is 0 Å². The number of hydrogen-bond acceptors (Lipinski definition) is 5. The third-order valence-corrected chi connectivity index (χ3v) is 4.82. The fourth-order valence-corrected chi connectivity index (χ4v) is 3.21. The summed E-state index contributed by atoms with van der Waals surface area (Å²) >= 11 is 0. The highest BCUT2D eigenvalue weighted by molar-refractivity contribution is 5.84. The van der Waals surface area contributed by atoms with Gasteiger partial charge in [0.1, 0.15) is 0 Å². The zero-order valence-corrected chi connectivity index (χ0v) is 13.6. The number of rotatable bonds is 8. The molecule has 1 amide bonds. The molecule has 4 unspecified atom stereocenters. The van der Waals surface area contributed by atoms with E-state index in [-0.39, 0.29) is 24.2 Å². The lowest BCUT2D eigenvalue weighted by atomic mass is 9.92. The molecule has 1 saturated carbocycles. The minimum Gasteiger partial charge on any atom is -0.377 e. The maximum absolute atomic E-state index is 11.9. The average Bonchev–Trinajstić information content (AvgIpc) is 3.13. The van der Waals surface area contributed by atoms with Crippen LogP contribution < -0.4 is 11.1 Å². The molecule has 0 bridgehead atoms. The molecular formula is C15H29N3O3. The van der Waals surface area contributed by atoms with Gasteiger partial charge in [-0.1, -0.05) is 0 Å². The third kappa shape index (κ3) is 3.94. The first-order chi connectivity index (χ1) is 9.89. The van der Waals surface area contributed by atoms with Crippen LogP contribution in [0.5, 0.6) is 0 Å². The predicted molar refractivity (Wildman–Crippen MR) is 81.0 cm³/mol. The lowest BCUT2D eigenvalue weighted by Gasteiger charge is -2.34. The highest BCUT2D eigenvalue weighted by atomic mass is 16.5. The molecule has 0 aromatic rings. The SMILES string of the molecule is COC1CN(C(C)CC(C)(NC2CC2)C(N)=O)CC1OC. The standard InChI is InChI=1S/C15H29N3O3/c1-10(18-8-12(20-3)13(9-18)21-4)7-15(2,14(16)19)17-11-5-6-11/h10-13,17H,5-9H2,1-4H3,(H2,16,19). The zero-order valence-electron chi connectivity index (χ0n) is 13.6. The first-order valence-corrected chi connectivity index (χ1v) is 7.77. The molecule has 1 aliphatic heterocycles. The average molecular weight is 299 g/mol. The van der Waals surface area contributed by atoms with Crippen LogP contribution in [0.4, 0.5) is 0 Å². The maximum atomic E-state index is 11.9. The number of methoxy groups -OCH3 is 2. The van der Waals surface area contributed by atoms with Crippen molar-refractivity contribution in [1.29, 1.82) is 0 Å². The fraction of sp³-hybridized carbons (Fsp3) is 0.933. The summed E-state index contributed by atoms with van der Waals surface area (Å²) in [5.74, 6) is -0.271. The predicted octanol–water partition coefficient (Wildman–Crippen LogP) is 0.107. The summed E-state index contributed by atoms with van der Waals surface area (Å²) in [7, 11) is 3.43. The van der Waals surface area contributed by atoms with E-state index in [4.69, 9.17) is 15.2 Å². The fourth-order valence-electron chi connectivity index (χ4n) is 3.21. The smallest absolute Gasteiger partial charge is 0.237 e. The highest BCUT2D eigenvalue weighted by Crippen LogP contribution is 2.27. The van der Waals surface area contributed by atoms with E-state index in [0.29, 0.717) is 12.5 Å². The van der Waals surface area contributed by atoms with Gasteiger partial charge in [0.05, 0.1) is 17.7 Å². The number of likely N-dealkylation sites (tertiary alicyclic amines) is 1. The second kappa shape index (κ2) is 6.60. The summed E-state index contributed by atoms with van der Waals surface area (Å²) in [5.41, 5.74) is 4.99. The van der Waals surface area contributed by atoms with Gasteiger partial charge in [0, 0.05) is 39.4 Å². The largest absolute Gasteiger partial charge is 0.377 e. The first-order valence-electron chi connectivity index (χ1n) is 7.77. The minimum atomic E-state index is -0.645. The Hall–Kier alpha value is -0.690. The molecule has 0 radical (unpaired) electrons. The lowest BCUT2D eigenvalue weighted by molar-refractivity contribution is -0.124. The number of nitrogens with one attached hydrogen (secondary N) is 1. The lowest BCUT2D eigenvalue weighted by Crippen LogP contribution is -2.57. The van der Waals surface area contributed by atoms with Crippen molar-refractivity contribution >= 4 is 5.91 Å². The van der Waals surface area contributed by atoms with Crippen molar-refractivity contribution in [3.05, 3.63) is 0 Å². The third-order valence-electron chi connectivity index (χ3n) is 4.82. The molecule has 1 saturated heterocycles. The summed E-state index contributed by atoms with van der Waals surface area (Å²) in [4.78, 5) is 14.2. The van der Waals surface area contributed by atoms with Crippen molar-refractivity contribution in [3.8, 4) is 0 Å². The van der Waals surface area contributed by atoms with Crippen LogP contribution in [-0.2, 0) is 14.3 Å². The summed E-state index contributed by atoms with van der Waals surface area (Å²) in [6.45, 7) is 5.71. The van der Waals surface area contributed by atoms with Gasteiger partial charge in [0.25, 0.3) is 0 Å². The summed E-state index contributed by atoms with van der Waals surface area (Å²) in [6.07, 6.45) is 3.16. The molecular weight excluding hydrogens is 270 g/mol. The second-order valence-electron chi connectivity index (χ2n) is 6.67. The van der Waals surface area contributed by atoms with Gasteiger partial charge < -0.3 is 20.5 Å². The van der Waals surface area contributed by atoms with Gasteiger partial charge in [-0.2, -0.15) is 0 Å². The Morgan fingerprint density at radius 1 is 1.33 bits per heavy atom. The van der Waals surface area contributed by atoms with Crippen molar-refractivity contribution in [2.75, 3.05) is 27.3 Å². The van der Waals surface area contributed by atoms with Crippen LogP contribution in [0.3, 0.4) is 0 Å². The van der Waals surface area contributed by atoms with Crippen LogP contribution in [-0.4, -0.2) is 67.9 Å². The molecule has 6 heteroatoms. The van der Waals surface area contributed by atoms with Crippen molar-refractivity contribution in [1.82, 2.24) is 10.2 Å². The number of nitrogens with zero attached hydrogens (tertiary/aromatic N) is 1. The quantitative estimate of drug-likeness (QED) is 0.665. The van der Waals surface area contributed by atoms with Crippen LogP contribution >= 0.6 is 0 Å². The maximum Gasteiger partial charge on any atom is 0.237 e. The molecule has 0 aromatic carbocycles. The molecule has 0 spiro atoms. The van der Waals surface area contributed by atoms with Crippen molar-refractivity contribution in [2.45, 2.75) is 62.9 Å². The monoisotopic (exact) mass is 299 g/mol. The molecule has 122 valence electrons. The van der Waals surface area contributed by atoms with Crippen molar-refractivity contribution in [2.24, 2.45) is 5.73 Å². The van der Waals surface area contributed by atoms with E-state index in [0.717, 1.165) is 25.9 Å². The summed E-state index contributed by atoms with van der Waals surface area (Å²) in [5, 5.41) is 3.41. The molecule has 1 heterocycles. The number of carbonyl (C=O) groups is 1. The molecule has 1 aliphatic carbocycles. The normalized spacial score (nSPS) is 31.0. The molecule has 2 rings (SSSR count). The van der Waals surface area contributed by atoms with Gasteiger partial charge in [-0.15, -0.1) is 0 Å². The summed E-state index contributed by atoms with van der Waals surface area (Å²) < 4.78 is 10.9.